The minimum atomic E-state index is -0.138. The SMILES string of the molecule is Cc1ccc2[nH]c(=O)c3cc(C(=O)NCCCN4CCCC(C)C4)sc3c2c1. The molecule has 5 nitrogen and oxygen atoms in total. The number of H-pyrrole nitrogens is 1. The molecule has 1 unspecified atom stereocenters. The zero-order chi connectivity index (χ0) is 19.7. The van der Waals surface area contributed by atoms with Crippen molar-refractivity contribution < 1.29 is 4.79 Å². The Hall–Kier alpha value is -2.18. The summed E-state index contributed by atoms with van der Waals surface area (Å²) in [6.07, 6.45) is 3.55. The van der Waals surface area contributed by atoms with Gasteiger partial charge in [0.15, 0.2) is 0 Å². The van der Waals surface area contributed by atoms with Gasteiger partial charge < -0.3 is 15.2 Å². The Bertz CT molecular complexity index is 1070. The molecule has 1 atom stereocenters. The molecule has 1 fully saturated rings. The van der Waals surface area contributed by atoms with E-state index in [9.17, 15) is 9.59 Å². The van der Waals surface area contributed by atoms with Crippen molar-refractivity contribution in [2.75, 3.05) is 26.2 Å². The summed E-state index contributed by atoms with van der Waals surface area (Å²) in [5.41, 5.74) is 1.81. The first-order chi connectivity index (χ1) is 13.5. The van der Waals surface area contributed by atoms with Crippen LogP contribution in [-0.4, -0.2) is 42.0 Å². The van der Waals surface area contributed by atoms with E-state index in [1.165, 1.54) is 37.3 Å². The van der Waals surface area contributed by atoms with E-state index in [-0.39, 0.29) is 11.5 Å². The van der Waals surface area contributed by atoms with Crippen LogP contribution < -0.4 is 10.9 Å². The van der Waals surface area contributed by atoms with Gasteiger partial charge in [0, 0.05) is 28.7 Å². The Morgan fingerprint density at radius 2 is 2.18 bits per heavy atom. The molecule has 0 bridgehead atoms. The highest BCUT2D eigenvalue weighted by Gasteiger charge is 2.17. The van der Waals surface area contributed by atoms with E-state index in [1.807, 2.05) is 19.1 Å². The lowest BCUT2D eigenvalue weighted by Gasteiger charge is -2.30. The molecule has 28 heavy (non-hydrogen) atoms. The van der Waals surface area contributed by atoms with Gasteiger partial charge in [-0.15, -0.1) is 11.3 Å². The smallest absolute Gasteiger partial charge is 0.261 e. The Kier molecular flexibility index (Phi) is 5.51. The molecule has 1 aliphatic heterocycles. The molecule has 3 heterocycles. The fourth-order valence-electron chi connectivity index (χ4n) is 4.10. The van der Waals surface area contributed by atoms with Crippen LogP contribution in [0, 0.1) is 12.8 Å². The average molecular weight is 398 g/mol. The van der Waals surface area contributed by atoms with Crippen LogP contribution in [0.15, 0.2) is 29.1 Å². The standard InChI is InChI=1S/C22H27N3O2S/c1-14-6-7-18-16(11-14)20-17(21(26)24-18)12-19(28-20)22(27)23-8-4-10-25-9-3-5-15(2)13-25/h6-7,11-12,15H,3-5,8-10,13H2,1-2H3,(H,23,27)(H,24,26). The number of carbonyl (C=O) groups is 1. The van der Waals surface area contributed by atoms with E-state index in [1.54, 1.807) is 6.07 Å². The van der Waals surface area contributed by atoms with E-state index in [0.29, 0.717) is 16.8 Å². The fraction of sp³-hybridized carbons (Fsp3) is 0.455. The number of nitrogens with zero attached hydrogens (tertiary/aromatic N) is 1. The van der Waals surface area contributed by atoms with Gasteiger partial charge in [0.25, 0.3) is 11.5 Å². The van der Waals surface area contributed by atoms with Crippen LogP contribution in [0.25, 0.3) is 21.0 Å². The molecular formula is C22H27N3O2S. The highest BCUT2D eigenvalue weighted by atomic mass is 32.1. The first kappa shape index (κ1) is 19.2. The lowest BCUT2D eigenvalue weighted by atomic mass is 10.0. The number of benzene rings is 1. The number of likely N-dealkylation sites (tertiary alicyclic amines) is 1. The molecule has 2 N–H and O–H groups in total. The molecule has 1 aliphatic rings. The van der Waals surface area contributed by atoms with Gasteiger partial charge in [0.05, 0.1) is 10.3 Å². The average Bonchev–Trinajstić information content (AvgIpc) is 3.12. The van der Waals surface area contributed by atoms with Crippen LogP contribution in [0.3, 0.4) is 0 Å². The predicted molar refractivity (Wildman–Crippen MR) is 116 cm³/mol. The van der Waals surface area contributed by atoms with Gasteiger partial charge in [0.2, 0.25) is 0 Å². The summed E-state index contributed by atoms with van der Waals surface area (Å²) >= 11 is 1.40. The zero-order valence-electron chi connectivity index (χ0n) is 16.5. The number of aromatic nitrogens is 1. The van der Waals surface area contributed by atoms with Crippen molar-refractivity contribution >= 4 is 38.2 Å². The first-order valence-electron chi connectivity index (χ1n) is 10.1. The summed E-state index contributed by atoms with van der Waals surface area (Å²) < 4.78 is 0.884. The molecule has 2 aromatic heterocycles. The quantitative estimate of drug-likeness (QED) is 0.642. The number of aromatic amines is 1. The van der Waals surface area contributed by atoms with Crippen LogP contribution in [0.2, 0.25) is 0 Å². The van der Waals surface area contributed by atoms with Crippen molar-refractivity contribution in [2.45, 2.75) is 33.1 Å². The fourth-order valence-corrected chi connectivity index (χ4v) is 5.20. The minimum absolute atomic E-state index is 0.0894. The number of piperidine rings is 1. The number of carbonyl (C=O) groups excluding carboxylic acids is 1. The van der Waals surface area contributed by atoms with E-state index in [4.69, 9.17) is 0 Å². The Labute approximate surface area is 168 Å². The lowest BCUT2D eigenvalue weighted by molar-refractivity contribution is 0.0954. The predicted octanol–water partition coefficient (Wildman–Crippen LogP) is 3.90. The third kappa shape index (κ3) is 3.98. The second-order valence-electron chi connectivity index (χ2n) is 8.01. The third-order valence-corrected chi connectivity index (χ3v) is 6.71. The molecular weight excluding hydrogens is 370 g/mol. The summed E-state index contributed by atoms with van der Waals surface area (Å²) in [6.45, 7) is 8.36. The van der Waals surface area contributed by atoms with Crippen LogP contribution in [0.4, 0.5) is 0 Å². The number of thiophene rings is 1. The van der Waals surface area contributed by atoms with Gasteiger partial charge in [-0.25, -0.2) is 0 Å². The second kappa shape index (κ2) is 8.05. The Balaban J connectivity index is 1.44. The molecule has 6 heteroatoms. The largest absolute Gasteiger partial charge is 0.351 e. The summed E-state index contributed by atoms with van der Waals surface area (Å²) in [6, 6.07) is 7.69. The minimum Gasteiger partial charge on any atom is -0.351 e. The normalized spacial score (nSPS) is 18.0. The third-order valence-electron chi connectivity index (χ3n) is 5.55. The molecule has 0 spiro atoms. The molecule has 148 valence electrons. The molecule has 1 saturated heterocycles. The molecule has 0 radical (unpaired) electrons. The van der Waals surface area contributed by atoms with Crippen LogP contribution in [0.1, 0.15) is 41.4 Å². The number of amides is 1. The van der Waals surface area contributed by atoms with Gasteiger partial charge in [-0.3, -0.25) is 9.59 Å². The topological polar surface area (TPSA) is 65.2 Å². The second-order valence-corrected chi connectivity index (χ2v) is 9.07. The maximum absolute atomic E-state index is 12.6. The number of hydrogen-bond donors (Lipinski definition) is 2. The van der Waals surface area contributed by atoms with Crippen LogP contribution in [-0.2, 0) is 0 Å². The molecule has 0 saturated carbocycles. The van der Waals surface area contributed by atoms with Gasteiger partial charge >= 0.3 is 0 Å². The Morgan fingerprint density at radius 3 is 3.00 bits per heavy atom. The van der Waals surface area contributed by atoms with E-state index in [2.05, 4.69) is 28.2 Å². The molecule has 0 aliphatic carbocycles. The van der Waals surface area contributed by atoms with Crippen molar-refractivity contribution in [3.8, 4) is 0 Å². The molecule has 1 amide bonds. The highest BCUT2D eigenvalue weighted by molar-refractivity contribution is 7.21. The summed E-state index contributed by atoms with van der Waals surface area (Å²) in [5.74, 6) is 0.687. The van der Waals surface area contributed by atoms with Crippen LogP contribution >= 0.6 is 11.3 Å². The zero-order valence-corrected chi connectivity index (χ0v) is 17.3. The lowest BCUT2D eigenvalue weighted by Crippen LogP contribution is -2.36. The number of nitrogens with one attached hydrogen (secondary N) is 2. The monoisotopic (exact) mass is 397 g/mol. The van der Waals surface area contributed by atoms with Gasteiger partial charge in [-0.05, 0) is 63.4 Å². The number of rotatable bonds is 5. The van der Waals surface area contributed by atoms with E-state index >= 15 is 0 Å². The summed E-state index contributed by atoms with van der Waals surface area (Å²) in [7, 11) is 0. The van der Waals surface area contributed by atoms with Crippen molar-refractivity contribution in [1.82, 2.24) is 15.2 Å². The number of pyridine rings is 1. The van der Waals surface area contributed by atoms with Gasteiger partial charge in [0.1, 0.15) is 0 Å². The molecule has 1 aromatic carbocycles. The maximum Gasteiger partial charge on any atom is 0.261 e. The highest BCUT2D eigenvalue weighted by Crippen LogP contribution is 2.30. The number of aryl methyl sites for hydroxylation is 1. The van der Waals surface area contributed by atoms with Crippen molar-refractivity contribution in [3.05, 3.63) is 45.1 Å². The van der Waals surface area contributed by atoms with Crippen molar-refractivity contribution in [2.24, 2.45) is 5.92 Å². The van der Waals surface area contributed by atoms with Gasteiger partial charge in [-0.1, -0.05) is 18.6 Å². The van der Waals surface area contributed by atoms with Gasteiger partial charge in [-0.2, -0.15) is 0 Å². The first-order valence-corrected chi connectivity index (χ1v) is 10.9. The number of fused-ring (bicyclic) bond motifs is 3. The van der Waals surface area contributed by atoms with Crippen molar-refractivity contribution in [3.63, 3.8) is 0 Å². The molecule has 3 aromatic rings. The maximum atomic E-state index is 12.6. The number of hydrogen-bond acceptors (Lipinski definition) is 4. The van der Waals surface area contributed by atoms with Crippen molar-refractivity contribution in [1.29, 1.82) is 0 Å². The summed E-state index contributed by atoms with van der Waals surface area (Å²) in [5, 5.41) is 4.61. The Morgan fingerprint density at radius 1 is 1.32 bits per heavy atom. The molecule has 4 rings (SSSR count). The van der Waals surface area contributed by atoms with E-state index in [0.717, 1.165) is 40.0 Å². The van der Waals surface area contributed by atoms with Crippen LogP contribution in [0.5, 0.6) is 0 Å². The summed E-state index contributed by atoms with van der Waals surface area (Å²) in [4.78, 5) is 31.0. The van der Waals surface area contributed by atoms with E-state index < -0.39 is 0 Å².